The lowest BCUT2D eigenvalue weighted by atomic mass is 10.2. The predicted octanol–water partition coefficient (Wildman–Crippen LogP) is 2.10. The summed E-state index contributed by atoms with van der Waals surface area (Å²) in [6.45, 7) is 3.00. The molecular formula is C14H21FN2O2S. The van der Waals surface area contributed by atoms with Crippen molar-refractivity contribution in [2.45, 2.75) is 37.6 Å². The van der Waals surface area contributed by atoms with Crippen LogP contribution in [0.1, 0.15) is 31.7 Å². The largest absolute Gasteiger partial charge is 0.326 e. The maximum atomic E-state index is 13.4. The van der Waals surface area contributed by atoms with Crippen LogP contribution < -0.4 is 5.73 Å². The molecule has 0 aromatic heterocycles. The van der Waals surface area contributed by atoms with Crippen LogP contribution in [-0.2, 0) is 16.6 Å². The Kier molecular flexibility index (Phi) is 4.78. The van der Waals surface area contributed by atoms with Crippen molar-refractivity contribution in [1.29, 1.82) is 0 Å². The Labute approximate surface area is 119 Å². The van der Waals surface area contributed by atoms with Crippen molar-refractivity contribution >= 4 is 10.0 Å². The van der Waals surface area contributed by atoms with Gasteiger partial charge in [0.1, 0.15) is 5.82 Å². The minimum absolute atomic E-state index is 0.00843. The van der Waals surface area contributed by atoms with E-state index < -0.39 is 15.8 Å². The van der Waals surface area contributed by atoms with Crippen molar-refractivity contribution in [1.82, 2.24) is 4.31 Å². The second-order valence-electron chi connectivity index (χ2n) is 5.26. The van der Waals surface area contributed by atoms with Crippen LogP contribution >= 0.6 is 0 Å². The molecule has 112 valence electrons. The van der Waals surface area contributed by atoms with Crippen molar-refractivity contribution in [2.75, 3.05) is 13.1 Å². The van der Waals surface area contributed by atoms with Gasteiger partial charge in [0.05, 0.1) is 4.90 Å². The van der Waals surface area contributed by atoms with Gasteiger partial charge in [0.25, 0.3) is 0 Å². The third kappa shape index (κ3) is 3.37. The summed E-state index contributed by atoms with van der Waals surface area (Å²) in [5, 5.41) is 0. The fraction of sp³-hybridized carbons (Fsp3) is 0.571. The van der Waals surface area contributed by atoms with Crippen LogP contribution in [0.2, 0.25) is 0 Å². The molecule has 20 heavy (non-hydrogen) atoms. The lowest BCUT2D eigenvalue weighted by molar-refractivity contribution is 0.395. The lowest BCUT2D eigenvalue weighted by Crippen LogP contribution is -2.34. The Morgan fingerprint density at radius 2 is 2.10 bits per heavy atom. The Balaban J connectivity index is 2.37. The first-order chi connectivity index (χ1) is 9.48. The van der Waals surface area contributed by atoms with Crippen LogP contribution in [0.5, 0.6) is 0 Å². The number of rotatable bonds is 7. The molecule has 1 saturated carbocycles. The lowest BCUT2D eigenvalue weighted by Gasteiger charge is -2.23. The van der Waals surface area contributed by atoms with Gasteiger partial charge in [0.2, 0.25) is 10.0 Å². The van der Waals surface area contributed by atoms with Gasteiger partial charge in [-0.05, 0) is 42.9 Å². The number of nitrogens with zero attached hydrogens (tertiary/aromatic N) is 1. The molecule has 0 amide bonds. The highest BCUT2D eigenvalue weighted by atomic mass is 32.2. The molecule has 0 radical (unpaired) electrons. The number of hydrogen-bond acceptors (Lipinski definition) is 3. The standard InChI is InChI=1S/C14H21FN2O2S/c1-2-7-17(10-11-3-4-11)20(18,19)14-8-13(15)6-5-12(14)9-16/h5-6,8,11H,2-4,7,9-10,16H2,1H3. The van der Waals surface area contributed by atoms with E-state index in [0.717, 1.165) is 25.3 Å². The zero-order valence-corrected chi connectivity index (χ0v) is 12.5. The van der Waals surface area contributed by atoms with Crippen LogP contribution in [0, 0.1) is 11.7 Å². The van der Waals surface area contributed by atoms with Crippen LogP contribution in [0.3, 0.4) is 0 Å². The minimum Gasteiger partial charge on any atom is -0.326 e. The van der Waals surface area contributed by atoms with E-state index in [9.17, 15) is 12.8 Å². The fourth-order valence-corrected chi connectivity index (χ4v) is 4.08. The molecule has 1 aliphatic rings. The van der Waals surface area contributed by atoms with Gasteiger partial charge in [-0.25, -0.2) is 12.8 Å². The minimum atomic E-state index is -3.67. The van der Waals surface area contributed by atoms with Gasteiger partial charge in [-0.3, -0.25) is 0 Å². The van der Waals surface area contributed by atoms with E-state index in [1.54, 1.807) is 0 Å². The van der Waals surface area contributed by atoms with Gasteiger partial charge >= 0.3 is 0 Å². The second kappa shape index (κ2) is 6.20. The van der Waals surface area contributed by atoms with E-state index in [4.69, 9.17) is 5.73 Å². The first-order valence-corrected chi connectivity index (χ1v) is 8.41. The molecule has 0 unspecified atom stereocenters. The van der Waals surface area contributed by atoms with E-state index in [0.29, 0.717) is 24.6 Å². The van der Waals surface area contributed by atoms with Gasteiger partial charge < -0.3 is 5.73 Å². The van der Waals surface area contributed by atoms with Crippen LogP contribution in [0.4, 0.5) is 4.39 Å². The Hall–Kier alpha value is -0.980. The van der Waals surface area contributed by atoms with Gasteiger partial charge in [-0.2, -0.15) is 4.31 Å². The van der Waals surface area contributed by atoms with Crippen molar-refractivity contribution < 1.29 is 12.8 Å². The molecule has 6 heteroatoms. The summed E-state index contributed by atoms with van der Waals surface area (Å²) >= 11 is 0. The molecule has 0 heterocycles. The van der Waals surface area contributed by atoms with Gasteiger partial charge in [0.15, 0.2) is 0 Å². The molecule has 0 aliphatic heterocycles. The Bertz CT molecular complexity index is 571. The average Bonchev–Trinajstić information content (AvgIpc) is 3.22. The first kappa shape index (κ1) is 15.4. The quantitative estimate of drug-likeness (QED) is 0.838. The van der Waals surface area contributed by atoms with E-state index in [1.807, 2.05) is 6.92 Å². The topological polar surface area (TPSA) is 63.4 Å². The summed E-state index contributed by atoms with van der Waals surface area (Å²) in [6, 6.07) is 3.77. The fourth-order valence-electron chi connectivity index (χ4n) is 2.22. The normalized spacial score (nSPS) is 15.8. The number of sulfonamides is 1. The van der Waals surface area contributed by atoms with Gasteiger partial charge in [-0.15, -0.1) is 0 Å². The van der Waals surface area contributed by atoms with Crippen LogP contribution in [0.15, 0.2) is 23.1 Å². The molecule has 1 aromatic rings. The first-order valence-electron chi connectivity index (χ1n) is 6.97. The molecular weight excluding hydrogens is 279 g/mol. The molecule has 4 nitrogen and oxygen atoms in total. The molecule has 0 saturated heterocycles. The van der Waals surface area contributed by atoms with Crippen molar-refractivity contribution in [3.05, 3.63) is 29.6 Å². The summed E-state index contributed by atoms with van der Waals surface area (Å²) in [7, 11) is -3.67. The average molecular weight is 300 g/mol. The van der Waals surface area contributed by atoms with E-state index in [2.05, 4.69) is 0 Å². The number of halogens is 1. The molecule has 1 aromatic carbocycles. The highest BCUT2D eigenvalue weighted by Gasteiger charge is 2.32. The second-order valence-corrected chi connectivity index (χ2v) is 7.17. The van der Waals surface area contributed by atoms with Crippen LogP contribution in [-0.4, -0.2) is 25.8 Å². The van der Waals surface area contributed by atoms with E-state index >= 15 is 0 Å². The molecule has 0 spiro atoms. The van der Waals surface area contributed by atoms with E-state index in [-0.39, 0.29) is 11.4 Å². The summed E-state index contributed by atoms with van der Waals surface area (Å²) in [5.74, 6) is -0.102. The summed E-state index contributed by atoms with van der Waals surface area (Å²) in [6.07, 6.45) is 2.88. The molecule has 2 rings (SSSR count). The maximum absolute atomic E-state index is 13.4. The number of nitrogens with two attached hydrogens (primary N) is 1. The number of hydrogen-bond donors (Lipinski definition) is 1. The van der Waals surface area contributed by atoms with Crippen LogP contribution in [0.25, 0.3) is 0 Å². The van der Waals surface area contributed by atoms with E-state index in [1.165, 1.54) is 16.4 Å². The molecule has 1 aliphatic carbocycles. The molecule has 0 atom stereocenters. The maximum Gasteiger partial charge on any atom is 0.243 e. The SMILES string of the molecule is CCCN(CC1CC1)S(=O)(=O)c1cc(F)ccc1CN. The molecule has 0 bridgehead atoms. The summed E-state index contributed by atoms with van der Waals surface area (Å²) in [5.41, 5.74) is 6.04. The van der Waals surface area contributed by atoms with Crippen molar-refractivity contribution in [3.63, 3.8) is 0 Å². The Morgan fingerprint density at radius 1 is 1.40 bits per heavy atom. The highest BCUT2D eigenvalue weighted by Crippen LogP contribution is 2.32. The summed E-state index contributed by atoms with van der Waals surface area (Å²) in [4.78, 5) is 0.00843. The zero-order valence-electron chi connectivity index (χ0n) is 11.7. The molecule has 2 N–H and O–H groups in total. The zero-order chi connectivity index (χ0) is 14.8. The van der Waals surface area contributed by atoms with Gasteiger partial charge in [-0.1, -0.05) is 13.0 Å². The molecule has 1 fully saturated rings. The number of benzene rings is 1. The van der Waals surface area contributed by atoms with Gasteiger partial charge in [0, 0.05) is 19.6 Å². The predicted molar refractivity (Wildman–Crippen MR) is 76.1 cm³/mol. The summed E-state index contributed by atoms with van der Waals surface area (Å²) < 4.78 is 40.3. The van der Waals surface area contributed by atoms with Crippen molar-refractivity contribution in [2.24, 2.45) is 11.7 Å². The Morgan fingerprint density at radius 3 is 2.65 bits per heavy atom. The third-order valence-corrected chi connectivity index (χ3v) is 5.45. The van der Waals surface area contributed by atoms with Crippen molar-refractivity contribution in [3.8, 4) is 0 Å². The monoisotopic (exact) mass is 300 g/mol. The smallest absolute Gasteiger partial charge is 0.243 e. The highest BCUT2D eigenvalue weighted by molar-refractivity contribution is 7.89. The third-order valence-electron chi connectivity index (χ3n) is 3.50.